The molecule has 2 fully saturated rings. The lowest BCUT2D eigenvalue weighted by atomic mass is 9.77. The molecule has 27 heavy (non-hydrogen) atoms. The predicted octanol–water partition coefficient (Wildman–Crippen LogP) is 5.69. The van der Waals surface area contributed by atoms with E-state index < -0.39 is 0 Å². The highest BCUT2D eigenvalue weighted by Crippen LogP contribution is 2.46. The zero-order valence-corrected chi connectivity index (χ0v) is 16.8. The van der Waals surface area contributed by atoms with E-state index in [1.807, 2.05) is 42.9 Å². The molecule has 4 nitrogen and oxygen atoms in total. The maximum Gasteiger partial charge on any atom is 0.211 e. The second-order valence-electron chi connectivity index (χ2n) is 7.79. The van der Waals surface area contributed by atoms with Gasteiger partial charge in [0, 0.05) is 41.6 Å². The highest BCUT2D eigenvalue weighted by atomic mass is 35.5. The molecular formula is C21H23ClN4S. The van der Waals surface area contributed by atoms with Crippen molar-refractivity contribution in [3.8, 4) is 0 Å². The molecule has 0 radical (unpaired) electrons. The fourth-order valence-electron chi connectivity index (χ4n) is 4.63. The zero-order valence-electron chi connectivity index (χ0n) is 15.3. The maximum absolute atomic E-state index is 6.00. The summed E-state index contributed by atoms with van der Waals surface area (Å²) in [6.45, 7) is 2.20. The van der Waals surface area contributed by atoms with Gasteiger partial charge in [-0.2, -0.15) is 0 Å². The molecule has 2 aliphatic rings. The highest BCUT2D eigenvalue weighted by molar-refractivity contribution is 7.99. The van der Waals surface area contributed by atoms with Gasteiger partial charge >= 0.3 is 0 Å². The molecule has 1 aliphatic heterocycles. The van der Waals surface area contributed by atoms with E-state index >= 15 is 0 Å². The average Bonchev–Trinajstić information content (AvgIpc) is 3.35. The first-order valence-electron chi connectivity index (χ1n) is 9.73. The molecule has 1 aliphatic carbocycles. The van der Waals surface area contributed by atoms with Gasteiger partial charge in [0.2, 0.25) is 5.95 Å². The van der Waals surface area contributed by atoms with E-state index in [9.17, 15) is 0 Å². The summed E-state index contributed by atoms with van der Waals surface area (Å²) in [7, 11) is 0. The molecule has 3 heterocycles. The monoisotopic (exact) mass is 398 g/mol. The first-order chi connectivity index (χ1) is 13.2. The minimum absolute atomic E-state index is 0.620. The van der Waals surface area contributed by atoms with Crippen LogP contribution in [0.3, 0.4) is 0 Å². The molecule has 5 rings (SSSR count). The molecule has 1 saturated carbocycles. The first kappa shape index (κ1) is 17.4. The number of hydrogen-bond acceptors (Lipinski definition) is 4. The van der Waals surface area contributed by atoms with Gasteiger partial charge in [0.1, 0.15) is 0 Å². The van der Waals surface area contributed by atoms with Crippen LogP contribution in [0.15, 0.2) is 52.6 Å². The lowest BCUT2D eigenvalue weighted by molar-refractivity contribution is 0.225. The third-order valence-electron chi connectivity index (χ3n) is 6.19. The number of aromatic nitrogens is 3. The van der Waals surface area contributed by atoms with E-state index in [1.165, 1.54) is 38.5 Å². The van der Waals surface area contributed by atoms with Gasteiger partial charge in [-0.1, -0.05) is 36.2 Å². The van der Waals surface area contributed by atoms with Crippen molar-refractivity contribution in [3.63, 3.8) is 0 Å². The second kappa shape index (κ2) is 7.02. The number of piperidine rings is 1. The van der Waals surface area contributed by atoms with Gasteiger partial charge in [0.15, 0.2) is 5.65 Å². The van der Waals surface area contributed by atoms with Crippen LogP contribution >= 0.6 is 23.4 Å². The van der Waals surface area contributed by atoms with E-state index in [2.05, 4.69) is 14.3 Å². The smallest absolute Gasteiger partial charge is 0.211 e. The number of hydrogen-bond donors (Lipinski definition) is 0. The summed E-state index contributed by atoms with van der Waals surface area (Å²) in [4.78, 5) is 14.1. The third kappa shape index (κ3) is 3.32. The van der Waals surface area contributed by atoms with Gasteiger partial charge < -0.3 is 4.90 Å². The average molecular weight is 399 g/mol. The molecule has 0 N–H and O–H groups in total. The van der Waals surface area contributed by atoms with E-state index in [0.717, 1.165) is 39.5 Å². The van der Waals surface area contributed by atoms with Crippen LogP contribution in [0.25, 0.3) is 5.65 Å². The molecule has 0 amide bonds. The first-order valence-corrected chi connectivity index (χ1v) is 10.9. The van der Waals surface area contributed by atoms with E-state index in [1.54, 1.807) is 11.8 Å². The lowest BCUT2D eigenvalue weighted by Gasteiger charge is -2.39. The molecule has 1 saturated heterocycles. The Bertz CT molecular complexity index is 936. The van der Waals surface area contributed by atoms with Crippen molar-refractivity contribution in [2.45, 2.75) is 48.3 Å². The van der Waals surface area contributed by atoms with Crippen molar-refractivity contribution >= 4 is 35.0 Å². The summed E-state index contributed by atoms with van der Waals surface area (Å²) in [6.07, 6.45) is 14.1. The Kier molecular flexibility index (Phi) is 4.52. The van der Waals surface area contributed by atoms with Crippen molar-refractivity contribution < 1.29 is 0 Å². The van der Waals surface area contributed by atoms with Crippen LogP contribution in [0.4, 0.5) is 5.95 Å². The topological polar surface area (TPSA) is 33.4 Å². The van der Waals surface area contributed by atoms with Crippen molar-refractivity contribution in [2.75, 3.05) is 18.0 Å². The van der Waals surface area contributed by atoms with Gasteiger partial charge in [0.05, 0.1) is 4.90 Å². The van der Waals surface area contributed by atoms with Gasteiger partial charge in [0.25, 0.3) is 0 Å². The minimum atomic E-state index is 0.620. The largest absolute Gasteiger partial charge is 0.342 e. The minimum Gasteiger partial charge on any atom is -0.342 e. The number of halogens is 1. The van der Waals surface area contributed by atoms with Gasteiger partial charge in [-0.25, -0.2) is 9.97 Å². The second-order valence-corrected chi connectivity index (χ2v) is 9.35. The Morgan fingerprint density at radius 3 is 2.44 bits per heavy atom. The zero-order chi connectivity index (χ0) is 18.3. The molecule has 0 atom stereocenters. The van der Waals surface area contributed by atoms with Crippen LogP contribution in [0, 0.1) is 5.41 Å². The summed E-state index contributed by atoms with van der Waals surface area (Å²) in [5.74, 6) is 1.02. The highest BCUT2D eigenvalue weighted by Gasteiger charge is 2.37. The lowest BCUT2D eigenvalue weighted by Crippen LogP contribution is -2.40. The fraction of sp³-hybridized carbons (Fsp3) is 0.429. The standard InChI is InChI=1S/C21H23ClN4S/c22-16-3-5-17(6-4-16)27-18-15-24-20(26-14-11-23-19(18)26)25-12-9-21(10-13-25)7-1-2-8-21/h3-6,11,14-15H,1-2,7-10,12-13H2. The maximum atomic E-state index is 6.00. The Morgan fingerprint density at radius 1 is 0.963 bits per heavy atom. The normalized spacial score (nSPS) is 19.2. The van der Waals surface area contributed by atoms with Crippen LogP contribution in [0.5, 0.6) is 0 Å². The molecule has 1 spiro atoms. The summed E-state index contributed by atoms with van der Waals surface area (Å²) in [5.41, 5.74) is 1.59. The summed E-state index contributed by atoms with van der Waals surface area (Å²) in [6, 6.07) is 7.90. The quantitative estimate of drug-likeness (QED) is 0.567. The summed E-state index contributed by atoms with van der Waals surface area (Å²) < 4.78 is 2.14. The molecule has 0 unspecified atom stereocenters. The van der Waals surface area contributed by atoms with E-state index in [0.29, 0.717) is 5.41 Å². The van der Waals surface area contributed by atoms with Gasteiger partial charge in [-0.3, -0.25) is 4.40 Å². The molecular weight excluding hydrogens is 376 g/mol. The van der Waals surface area contributed by atoms with Crippen molar-refractivity contribution in [1.29, 1.82) is 0 Å². The predicted molar refractivity (Wildman–Crippen MR) is 111 cm³/mol. The van der Waals surface area contributed by atoms with Crippen molar-refractivity contribution in [1.82, 2.24) is 14.4 Å². The third-order valence-corrected chi connectivity index (χ3v) is 7.45. The van der Waals surface area contributed by atoms with E-state index in [4.69, 9.17) is 16.6 Å². The van der Waals surface area contributed by atoms with Crippen LogP contribution in [-0.4, -0.2) is 27.5 Å². The number of fused-ring (bicyclic) bond motifs is 1. The molecule has 2 aromatic heterocycles. The SMILES string of the molecule is Clc1ccc(Sc2cnc(N3CCC4(CCCC4)CC3)n3ccnc23)cc1. The number of benzene rings is 1. The molecule has 140 valence electrons. The molecule has 6 heteroatoms. The Morgan fingerprint density at radius 2 is 1.70 bits per heavy atom. The number of rotatable bonds is 3. The molecule has 1 aromatic carbocycles. The van der Waals surface area contributed by atoms with Gasteiger partial charge in [-0.15, -0.1) is 0 Å². The van der Waals surface area contributed by atoms with Gasteiger partial charge in [-0.05, 0) is 55.4 Å². The summed E-state index contributed by atoms with van der Waals surface area (Å²) in [5, 5.41) is 0.754. The Hall–Kier alpha value is -1.72. The number of anilines is 1. The van der Waals surface area contributed by atoms with Crippen LogP contribution in [0.1, 0.15) is 38.5 Å². The summed E-state index contributed by atoms with van der Waals surface area (Å²) >= 11 is 7.68. The molecule has 3 aromatic rings. The van der Waals surface area contributed by atoms with Crippen LogP contribution in [0.2, 0.25) is 5.02 Å². The van der Waals surface area contributed by atoms with Crippen molar-refractivity contribution in [2.24, 2.45) is 5.41 Å². The van der Waals surface area contributed by atoms with Crippen LogP contribution in [-0.2, 0) is 0 Å². The number of imidazole rings is 1. The number of nitrogens with zero attached hydrogens (tertiary/aromatic N) is 4. The van der Waals surface area contributed by atoms with Crippen LogP contribution < -0.4 is 4.90 Å². The van der Waals surface area contributed by atoms with Crippen molar-refractivity contribution in [3.05, 3.63) is 47.9 Å². The Balaban J connectivity index is 1.40. The van der Waals surface area contributed by atoms with E-state index in [-0.39, 0.29) is 0 Å². The fourth-order valence-corrected chi connectivity index (χ4v) is 5.62. The molecule has 0 bridgehead atoms. The Labute approximate surface area is 169 Å².